The summed E-state index contributed by atoms with van der Waals surface area (Å²) in [6.45, 7) is 10.6. The molecule has 8 aromatic rings. The minimum atomic E-state index is 0.252. The van der Waals surface area contributed by atoms with Crippen LogP contribution in [0, 0.1) is 13.8 Å². The number of aryl methyl sites for hydroxylation is 2. The van der Waals surface area contributed by atoms with Gasteiger partial charge in [0.2, 0.25) is 0 Å². The predicted octanol–water partition coefficient (Wildman–Crippen LogP) is 16.1. The second-order valence-electron chi connectivity index (χ2n) is 16.4. The van der Waals surface area contributed by atoms with E-state index in [2.05, 4.69) is 212 Å². The van der Waals surface area contributed by atoms with Crippen LogP contribution in [0.3, 0.4) is 0 Å². The van der Waals surface area contributed by atoms with E-state index in [-0.39, 0.29) is 5.92 Å². The molecular formula is C59H50N2. The van der Waals surface area contributed by atoms with Gasteiger partial charge in [0.1, 0.15) is 0 Å². The fourth-order valence-corrected chi connectivity index (χ4v) is 9.66. The van der Waals surface area contributed by atoms with Crippen molar-refractivity contribution in [1.29, 1.82) is 0 Å². The molecule has 2 aliphatic rings. The van der Waals surface area contributed by atoms with Crippen LogP contribution in [-0.2, 0) is 6.42 Å². The van der Waals surface area contributed by atoms with Gasteiger partial charge in [-0.2, -0.15) is 0 Å². The van der Waals surface area contributed by atoms with E-state index in [4.69, 9.17) is 0 Å². The molecule has 0 N–H and O–H groups in total. The normalized spacial score (nSPS) is 15.2. The van der Waals surface area contributed by atoms with E-state index < -0.39 is 0 Å². The fraction of sp³-hybridized carbons (Fsp3) is 0.119. The highest BCUT2D eigenvalue weighted by Crippen LogP contribution is 2.43. The van der Waals surface area contributed by atoms with Gasteiger partial charge in [-0.25, -0.2) is 0 Å². The average Bonchev–Trinajstić information content (AvgIpc) is 3.63. The lowest BCUT2D eigenvalue weighted by molar-refractivity contribution is 0.840. The van der Waals surface area contributed by atoms with Crippen molar-refractivity contribution < 1.29 is 0 Å². The van der Waals surface area contributed by atoms with Crippen molar-refractivity contribution in [3.63, 3.8) is 0 Å². The van der Waals surface area contributed by atoms with Gasteiger partial charge in [0.05, 0.1) is 11.0 Å². The van der Waals surface area contributed by atoms with Gasteiger partial charge in [-0.15, -0.1) is 0 Å². The van der Waals surface area contributed by atoms with Crippen molar-refractivity contribution in [1.82, 2.24) is 4.57 Å². The van der Waals surface area contributed by atoms with Gasteiger partial charge in [0.25, 0.3) is 0 Å². The van der Waals surface area contributed by atoms with Crippen molar-refractivity contribution in [3.8, 4) is 16.8 Å². The number of nitrogens with zero attached hydrogens (tertiary/aromatic N) is 2. The van der Waals surface area contributed by atoms with Gasteiger partial charge in [-0.1, -0.05) is 140 Å². The lowest BCUT2D eigenvalue weighted by Crippen LogP contribution is -2.19. The number of hydrogen-bond donors (Lipinski definition) is 0. The van der Waals surface area contributed by atoms with Gasteiger partial charge < -0.3 is 9.47 Å². The van der Waals surface area contributed by atoms with Crippen LogP contribution >= 0.6 is 0 Å². The summed E-state index contributed by atoms with van der Waals surface area (Å²) in [5.74, 6) is 0.252. The molecule has 2 heteroatoms. The number of rotatable bonds is 9. The number of hydrogen-bond acceptors (Lipinski definition) is 1. The second-order valence-corrected chi connectivity index (χ2v) is 16.4. The van der Waals surface area contributed by atoms with Crippen molar-refractivity contribution in [3.05, 3.63) is 234 Å². The molecule has 2 nitrogen and oxygen atoms in total. The zero-order chi connectivity index (χ0) is 41.5. The zero-order valence-electron chi connectivity index (χ0n) is 35.3. The highest BCUT2D eigenvalue weighted by atomic mass is 15.1. The molecule has 0 fully saturated rings. The Morgan fingerprint density at radius 3 is 2.34 bits per heavy atom. The number of benzene rings is 7. The molecule has 7 aromatic carbocycles. The molecule has 0 saturated carbocycles. The quantitative estimate of drug-likeness (QED) is 0.132. The Balaban J connectivity index is 1.06. The fourth-order valence-electron chi connectivity index (χ4n) is 9.66. The Morgan fingerprint density at radius 2 is 1.56 bits per heavy atom. The highest BCUT2D eigenvalue weighted by Gasteiger charge is 2.23. The van der Waals surface area contributed by atoms with E-state index in [9.17, 15) is 0 Å². The summed E-state index contributed by atoms with van der Waals surface area (Å²) in [7, 11) is 0. The van der Waals surface area contributed by atoms with Crippen LogP contribution in [-0.4, -0.2) is 4.57 Å². The Bertz CT molecular complexity index is 3150. The summed E-state index contributed by atoms with van der Waals surface area (Å²) in [5, 5.41) is 5.14. The molecule has 0 spiro atoms. The average molecular weight is 787 g/mol. The van der Waals surface area contributed by atoms with E-state index in [1.54, 1.807) is 0 Å². The van der Waals surface area contributed by atoms with Crippen molar-refractivity contribution in [2.24, 2.45) is 0 Å². The van der Waals surface area contributed by atoms with Crippen LogP contribution in [0.15, 0.2) is 200 Å². The maximum absolute atomic E-state index is 4.09. The third kappa shape index (κ3) is 6.89. The third-order valence-corrected chi connectivity index (χ3v) is 12.8. The molecule has 1 unspecified atom stereocenters. The Kier molecular flexibility index (Phi) is 10.1. The minimum absolute atomic E-state index is 0.252. The molecule has 0 bridgehead atoms. The summed E-state index contributed by atoms with van der Waals surface area (Å²) >= 11 is 0. The lowest BCUT2D eigenvalue weighted by Gasteiger charge is -2.32. The van der Waals surface area contributed by atoms with E-state index in [0.29, 0.717) is 0 Å². The van der Waals surface area contributed by atoms with Gasteiger partial charge in [0.15, 0.2) is 0 Å². The second kappa shape index (κ2) is 16.1. The van der Waals surface area contributed by atoms with E-state index in [1.165, 1.54) is 88.6 Å². The van der Waals surface area contributed by atoms with Crippen molar-refractivity contribution in [2.45, 2.75) is 46.0 Å². The molecular weight excluding hydrogens is 737 g/mol. The third-order valence-electron chi connectivity index (χ3n) is 12.8. The zero-order valence-corrected chi connectivity index (χ0v) is 35.3. The standard InChI is InChI=1S/C59H50N2/c1-5-7-17-42(6-2)43-25-31-49(32-26-43)60(57-24-15-19-45-18-12-14-23-53(45)57)50-33-27-44(28-34-50)46-30-36-58-55(37-46)56-39-54-41(4)52(51-22-13-11-16-40(51)3)35-29-47(54)38-59(56)61(58)48-20-9-8-10-21-48/h5-13,15-22,24-27,29-39,44H,2,14,23,28H2,1,3-4H3/b7-5-,42-17+. The number of fused-ring (bicyclic) bond motifs is 5. The first kappa shape index (κ1) is 38.1. The molecule has 10 rings (SSSR count). The summed E-state index contributed by atoms with van der Waals surface area (Å²) in [6.07, 6.45) is 23.0. The van der Waals surface area contributed by atoms with Crippen LogP contribution in [0.25, 0.3) is 61.0 Å². The Morgan fingerprint density at radius 1 is 0.738 bits per heavy atom. The highest BCUT2D eigenvalue weighted by molar-refractivity contribution is 6.14. The van der Waals surface area contributed by atoms with Crippen molar-refractivity contribution >= 4 is 55.6 Å². The minimum Gasteiger partial charge on any atom is -0.311 e. The van der Waals surface area contributed by atoms with Crippen LogP contribution in [0.5, 0.6) is 0 Å². The first-order valence-electron chi connectivity index (χ1n) is 21.7. The molecule has 61 heavy (non-hydrogen) atoms. The first-order chi connectivity index (χ1) is 30.0. The molecule has 0 amide bonds. The van der Waals surface area contributed by atoms with E-state index >= 15 is 0 Å². The van der Waals surface area contributed by atoms with Crippen LogP contribution in [0.4, 0.5) is 11.4 Å². The molecule has 0 radical (unpaired) electrons. The number of aromatic nitrogens is 1. The molecule has 2 aliphatic carbocycles. The predicted molar refractivity (Wildman–Crippen MR) is 263 cm³/mol. The monoisotopic (exact) mass is 786 g/mol. The van der Waals surface area contributed by atoms with Gasteiger partial charge in [0, 0.05) is 39.4 Å². The largest absolute Gasteiger partial charge is 0.311 e. The van der Waals surface area contributed by atoms with Crippen LogP contribution in [0.2, 0.25) is 0 Å². The molecule has 1 atom stereocenters. The Hall–Kier alpha value is -7.16. The Labute approximate surface area is 360 Å². The number of para-hydroxylation sites is 1. The maximum Gasteiger partial charge on any atom is 0.0547 e. The summed E-state index contributed by atoms with van der Waals surface area (Å²) in [4.78, 5) is 2.47. The van der Waals surface area contributed by atoms with Crippen LogP contribution in [0.1, 0.15) is 59.1 Å². The molecule has 296 valence electrons. The van der Waals surface area contributed by atoms with Gasteiger partial charge in [-0.05, 0) is 162 Å². The van der Waals surface area contributed by atoms with Crippen molar-refractivity contribution in [2.75, 3.05) is 4.90 Å². The summed E-state index contributed by atoms with van der Waals surface area (Å²) in [6, 6.07) is 51.9. The van der Waals surface area contributed by atoms with E-state index in [1.807, 2.05) is 19.1 Å². The molecule has 1 aromatic heterocycles. The number of anilines is 2. The SMILES string of the molecule is C=C/C(=C\C=C/C)c1ccc(N(C2=CCC(c3ccc4c(c3)c3cc5c(C)c(-c6ccccc6C)ccc5cc3n4-c3ccccc3)C=C2)c2cccc3c2CCC=C3)cc1. The van der Waals surface area contributed by atoms with Gasteiger partial charge >= 0.3 is 0 Å². The lowest BCUT2D eigenvalue weighted by atomic mass is 9.89. The topological polar surface area (TPSA) is 8.17 Å². The maximum atomic E-state index is 4.09. The van der Waals surface area contributed by atoms with Crippen LogP contribution < -0.4 is 4.90 Å². The smallest absolute Gasteiger partial charge is 0.0547 e. The molecule has 0 aliphatic heterocycles. The molecule has 1 heterocycles. The first-order valence-corrected chi connectivity index (χ1v) is 21.7. The summed E-state index contributed by atoms with van der Waals surface area (Å²) in [5.41, 5.74) is 18.8. The molecule has 0 saturated heterocycles. The number of allylic oxidation sites excluding steroid dienone is 9. The summed E-state index contributed by atoms with van der Waals surface area (Å²) < 4.78 is 2.44. The van der Waals surface area contributed by atoms with E-state index in [0.717, 1.165) is 36.1 Å². The van der Waals surface area contributed by atoms with Gasteiger partial charge in [-0.3, -0.25) is 0 Å².